The minimum absolute atomic E-state index is 0.0175. The zero-order chi connectivity index (χ0) is 18.9. The summed E-state index contributed by atoms with van der Waals surface area (Å²) in [7, 11) is 1.79. The van der Waals surface area contributed by atoms with Gasteiger partial charge in [0, 0.05) is 51.9 Å². The molecule has 3 fully saturated rings. The van der Waals surface area contributed by atoms with Crippen LogP contribution in [0.25, 0.3) is 0 Å². The number of ether oxygens (including phenoxy) is 2. The van der Waals surface area contributed by atoms with Gasteiger partial charge >= 0.3 is 0 Å². The monoisotopic (exact) mass is 373 g/mol. The van der Waals surface area contributed by atoms with Crippen LogP contribution in [0.15, 0.2) is 24.5 Å². The quantitative estimate of drug-likeness (QED) is 0.726. The normalized spacial score (nSPS) is 22.6. The molecule has 27 heavy (non-hydrogen) atoms. The molecule has 1 aromatic rings. The Morgan fingerprint density at radius 2 is 1.74 bits per heavy atom. The molecule has 2 saturated heterocycles. The predicted molar refractivity (Wildman–Crippen MR) is 97.7 cm³/mol. The van der Waals surface area contributed by atoms with Crippen molar-refractivity contribution in [3.8, 4) is 0 Å². The number of nitrogens with zero attached hydrogens (tertiary/aromatic N) is 3. The van der Waals surface area contributed by atoms with Gasteiger partial charge in [0.15, 0.2) is 5.79 Å². The van der Waals surface area contributed by atoms with Crippen molar-refractivity contribution in [1.82, 2.24) is 14.8 Å². The molecule has 2 aliphatic heterocycles. The molecule has 1 spiro atoms. The maximum Gasteiger partial charge on any atom is 0.238 e. The molecule has 0 bridgehead atoms. The van der Waals surface area contributed by atoms with Crippen LogP contribution in [0.5, 0.6) is 0 Å². The standard InChI is InChI=1S/C20H27N3O4/c1-22(11-4-16-2-9-21-10-3-16)17(24)19(5-6-19)18(25)23-12-7-20(8-13-23)26-14-15-27-20/h2-3,9-10H,4-8,11-15H2,1H3. The lowest BCUT2D eigenvalue weighted by molar-refractivity contribution is -0.189. The molecule has 3 heterocycles. The zero-order valence-corrected chi connectivity index (χ0v) is 15.9. The lowest BCUT2D eigenvalue weighted by Gasteiger charge is -2.39. The first kappa shape index (κ1) is 18.4. The number of likely N-dealkylation sites (N-methyl/N-ethyl adjacent to an activating group) is 1. The van der Waals surface area contributed by atoms with Crippen molar-refractivity contribution in [2.75, 3.05) is 39.9 Å². The Hall–Kier alpha value is -1.99. The molecule has 1 aromatic heterocycles. The number of piperidine rings is 1. The van der Waals surface area contributed by atoms with E-state index in [1.807, 2.05) is 17.0 Å². The first-order valence-corrected chi connectivity index (χ1v) is 9.77. The lowest BCUT2D eigenvalue weighted by Crippen LogP contribution is -2.52. The van der Waals surface area contributed by atoms with Crippen LogP contribution in [0.2, 0.25) is 0 Å². The van der Waals surface area contributed by atoms with Crippen molar-refractivity contribution in [2.45, 2.75) is 37.9 Å². The van der Waals surface area contributed by atoms with E-state index in [9.17, 15) is 9.59 Å². The molecule has 4 rings (SSSR count). The topological polar surface area (TPSA) is 72.0 Å². The van der Waals surface area contributed by atoms with Crippen LogP contribution in [0, 0.1) is 5.41 Å². The van der Waals surface area contributed by atoms with Crippen LogP contribution < -0.4 is 0 Å². The number of pyridine rings is 1. The van der Waals surface area contributed by atoms with Crippen LogP contribution in [-0.2, 0) is 25.5 Å². The molecule has 0 unspecified atom stereocenters. The Balaban J connectivity index is 1.33. The molecule has 3 aliphatic rings. The zero-order valence-electron chi connectivity index (χ0n) is 15.9. The van der Waals surface area contributed by atoms with Crippen molar-refractivity contribution >= 4 is 11.8 Å². The highest BCUT2D eigenvalue weighted by molar-refractivity contribution is 6.07. The number of aromatic nitrogens is 1. The van der Waals surface area contributed by atoms with Gasteiger partial charge in [0.2, 0.25) is 11.8 Å². The molecule has 2 amide bonds. The van der Waals surface area contributed by atoms with E-state index in [1.165, 1.54) is 0 Å². The summed E-state index contributed by atoms with van der Waals surface area (Å²) in [6.07, 6.45) is 6.93. The van der Waals surface area contributed by atoms with Crippen molar-refractivity contribution in [1.29, 1.82) is 0 Å². The van der Waals surface area contributed by atoms with Gasteiger partial charge in [-0.05, 0) is 37.0 Å². The van der Waals surface area contributed by atoms with Crippen molar-refractivity contribution in [2.24, 2.45) is 5.41 Å². The molecule has 0 radical (unpaired) electrons. The minimum atomic E-state index is -0.838. The first-order valence-electron chi connectivity index (χ1n) is 9.77. The van der Waals surface area contributed by atoms with Crippen LogP contribution in [0.1, 0.15) is 31.2 Å². The highest BCUT2D eigenvalue weighted by atomic mass is 16.7. The summed E-state index contributed by atoms with van der Waals surface area (Å²) in [6.45, 7) is 3.03. The highest BCUT2D eigenvalue weighted by Gasteiger charge is 2.59. The van der Waals surface area contributed by atoms with Gasteiger partial charge in [0.1, 0.15) is 5.41 Å². The maximum atomic E-state index is 13.1. The Bertz CT molecular complexity index is 688. The number of hydrogen-bond donors (Lipinski definition) is 0. The van der Waals surface area contributed by atoms with Gasteiger partial charge in [-0.15, -0.1) is 0 Å². The van der Waals surface area contributed by atoms with E-state index in [2.05, 4.69) is 4.98 Å². The average molecular weight is 373 g/mol. The molecule has 7 nitrogen and oxygen atoms in total. The minimum Gasteiger partial charge on any atom is -0.347 e. The molecule has 0 N–H and O–H groups in total. The van der Waals surface area contributed by atoms with Gasteiger partial charge in [0.05, 0.1) is 13.2 Å². The fraction of sp³-hybridized carbons (Fsp3) is 0.650. The number of amides is 2. The highest BCUT2D eigenvalue weighted by Crippen LogP contribution is 2.49. The number of rotatable bonds is 5. The Morgan fingerprint density at radius 1 is 1.11 bits per heavy atom. The summed E-state index contributed by atoms with van der Waals surface area (Å²) in [5.74, 6) is -0.565. The second kappa shape index (κ2) is 7.20. The number of likely N-dealkylation sites (tertiary alicyclic amines) is 1. The van der Waals surface area contributed by atoms with Gasteiger partial charge in [-0.3, -0.25) is 14.6 Å². The molecule has 0 aromatic carbocycles. The van der Waals surface area contributed by atoms with E-state index in [4.69, 9.17) is 9.47 Å². The third-order valence-corrected chi connectivity index (χ3v) is 6.03. The average Bonchev–Trinajstić information content (AvgIpc) is 3.41. The van der Waals surface area contributed by atoms with Gasteiger partial charge in [-0.2, -0.15) is 0 Å². The molecule has 7 heteroatoms. The molecule has 1 saturated carbocycles. The van der Waals surface area contributed by atoms with Gasteiger partial charge in [-0.25, -0.2) is 0 Å². The van der Waals surface area contributed by atoms with E-state index in [0.717, 1.165) is 12.0 Å². The third-order valence-electron chi connectivity index (χ3n) is 6.03. The summed E-state index contributed by atoms with van der Waals surface area (Å²) in [5.41, 5.74) is 0.299. The smallest absolute Gasteiger partial charge is 0.238 e. The largest absolute Gasteiger partial charge is 0.347 e. The molecular formula is C20H27N3O4. The van der Waals surface area contributed by atoms with E-state index in [-0.39, 0.29) is 11.8 Å². The summed E-state index contributed by atoms with van der Waals surface area (Å²) in [4.78, 5) is 33.6. The summed E-state index contributed by atoms with van der Waals surface area (Å²) < 4.78 is 11.5. The molecule has 1 aliphatic carbocycles. The second-order valence-corrected chi connectivity index (χ2v) is 7.81. The fourth-order valence-electron chi connectivity index (χ4n) is 4.10. The molecule has 0 atom stereocenters. The number of carbonyl (C=O) groups is 2. The fourth-order valence-corrected chi connectivity index (χ4v) is 4.10. The first-order chi connectivity index (χ1) is 13.0. The predicted octanol–water partition coefficient (Wildman–Crippen LogP) is 1.23. The Morgan fingerprint density at radius 3 is 2.33 bits per heavy atom. The number of carbonyl (C=O) groups excluding carboxylic acids is 2. The Kier molecular flexibility index (Phi) is 4.90. The van der Waals surface area contributed by atoms with Crippen molar-refractivity contribution in [3.05, 3.63) is 30.1 Å². The molecular weight excluding hydrogens is 346 g/mol. The third kappa shape index (κ3) is 3.58. The number of hydrogen-bond acceptors (Lipinski definition) is 5. The molecule has 146 valence electrons. The van der Waals surface area contributed by atoms with Crippen LogP contribution in [0.3, 0.4) is 0 Å². The van der Waals surface area contributed by atoms with Crippen LogP contribution in [-0.4, -0.2) is 72.3 Å². The van der Waals surface area contributed by atoms with E-state index in [1.54, 1.807) is 24.3 Å². The van der Waals surface area contributed by atoms with Crippen LogP contribution >= 0.6 is 0 Å². The van der Waals surface area contributed by atoms with Gasteiger partial charge in [-0.1, -0.05) is 0 Å². The van der Waals surface area contributed by atoms with Gasteiger partial charge < -0.3 is 19.3 Å². The Labute approximate surface area is 159 Å². The van der Waals surface area contributed by atoms with E-state index >= 15 is 0 Å². The SMILES string of the molecule is CN(CCc1ccncc1)C(=O)C1(C(=O)N2CCC3(CC2)OCCO3)CC1. The van der Waals surface area contributed by atoms with E-state index < -0.39 is 11.2 Å². The van der Waals surface area contributed by atoms with Crippen molar-refractivity contribution < 1.29 is 19.1 Å². The summed E-state index contributed by atoms with van der Waals surface area (Å²) in [5, 5.41) is 0. The second-order valence-electron chi connectivity index (χ2n) is 7.81. The van der Waals surface area contributed by atoms with Gasteiger partial charge in [0.25, 0.3) is 0 Å². The van der Waals surface area contributed by atoms with Crippen LogP contribution in [0.4, 0.5) is 0 Å². The summed E-state index contributed by atoms with van der Waals surface area (Å²) >= 11 is 0. The van der Waals surface area contributed by atoms with Crippen molar-refractivity contribution in [3.63, 3.8) is 0 Å². The van der Waals surface area contributed by atoms with E-state index in [0.29, 0.717) is 58.5 Å². The summed E-state index contributed by atoms with van der Waals surface area (Å²) in [6, 6.07) is 3.90. The maximum absolute atomic E-state index is 13.1. The lowest BCUT2D eigenvalue weighted by atomic mass is 9.98.